The molecule has 39 heavy (non-hydrogen) atoms. The highest BCUT2D eigenvalue weighted by Gasteiger charge is 2.43. The molecule has 2 atom stereocenters. The molecule has 0 amide bonds. The van der Waals surface area contributed by atoms with Crippen LogP contribution in [0.5, 0.6) is 0 Å². The maximum atomic E-state index is 14.0. The summed E-state index contributed by atoms with van der Waals surface area (Å²) in [5, 5.41) is 27.9. The maximum absolute atomic E-state index is 14.0. The number of likely N-dealkylation sites (tertiary alicyclic amines) is 1. The van der Waals surface area contributed by atoms with E-state index in [1.807, 2.05) is 4.90 Å². The van der Waals surface area contributed by atoms with Crippen molar-refractivity contribution >= 4 is 5.97 Å². The Morgan fingerprint density at radius 1 is 1.05 bits per heavy atom. The Hall–Kier alpha value is -4.03. The van der Waals surface area contributed by atoms with E-state index >= 15 is 0 Å². The lowest BCUT2D eigenvalue weighted by Crippen LogP contribution is -2.45. The predicted molar refractivity (Wildman–Crippen MR) is 132 cm³/mol. The zero-order valence-electron chi connectivity index (χ0n) is 20.9. The third kappa shape index (κ3) is 5.57. The molecule has 0 bridgehead atoms. The number of hydrogen-bond acceptors (Lipinski definition) is 8. The fraction of sp³-hybridized carbons (Fsp3) is 0.333. The molecule has 2 aromatic heterocycles. The molecule has 1 unspecified atom stereocenters. The lowest BCUT2D eigenvalue weighted by atomic mass is 9.92. The smallest absolute Gasteiger partial charge is 0.422 e. The summed E-state index contributed by atoms with van der Waals surface area (Å²) < 4.78 is 52.1. The number of hydrogen-bond donors (Lipinski definition) is 2. The Bertz CT molecular complexity index is 1450. The molecule has 0 aliphatic carbocycles. The molecule has 1 saturated heterocycles. The van der Waals surface area contributed by atoms with E-state index in [1.165, 1.54) is 12.1 Å². The predicted octanol–water partition coefficient (Wildman–Crippen LogP) is 5.08. The second kappa shape index (κ2) is 10.3. The summed E-state index contributed by atoms with van der Waals surface area (Å²) in [4.78, 5) is 17.4. The highest BCUT2D eigenvalue weighted by molar-refractivity contribution is 5.71. The van der Waals surface area contributed by atoms with Gasteiger partial charge in [0.25, 0.3) is 5.89 Å². The van der Waals surface area contributed by atoms with Crippen LogP contribution in [0.25, 0.3) is 34.3 Å². The van der Waals surface area contributed by atoms with E-state index in [4.69, 9.17) is 9.05 Å². The first-order chi connectivity index (χ1) is 18.5. The number of aromatic nitrogens is 3. The molecule has 0 radical (unpaired) electrons. The van der Waals surface area contributed by atoms with Crippen molar-refractivity contribution in [1.82, 2.24) is 20.2 Å². The molecular weight excluding hydrogens is 517 g/mol. The second-order valence-electron chi connectivity index (χ2n) is 9.79. The van der Waals surface area contributed by atoms with Gasteiger partial charge in [-0.25, -0.2) is 0 Å². The van der Waals surface area contributed by atoms with Crippen molar-refractivity contribution in [3.8, 4) is 34.3 Å². The zero-order chi connectivity index (χ0) is 27.8. The minimum Gasteiger partial charge on any atom is -0.481 e. The summed E-state index contributed by atoms with van der Waals surface area (Å²) in [5.74, 6) is -2.42. The van der Waals surface area contributed by atoms with Gasteiger partial charge in [-0.05, 0) is 31.9 Å². The van der Waals surface area contributed by atoms with Crippen LogP contribution in [0, 0.1) is 5.92 Å². The number of carbonyl (C=O) groups is 1. The minimum atomic E-state index is -4.79. The molecular formula is C27H25F3N4O5. The molecule has 5 rings (SSSR count). The van der Waals surface area contributed by atoms with E-state index < -0.39 is 40.9 Å². The van der Waals surface area contributed by atoms with Crippen molar-refractivity contribution in [3.63, 3.8) is 0 Å². The van der Waals surface area contributed by atoms with Crippen LogP contribution in [0.2, 0.25) is 0 Å². The van der Waals surface area contributed by atoms with Gasteiger partial charge in [0.05, 0.1) is 11.5 Å². The zero-order valence-corrected chi connectivity index (χ0v) is 20.9. The fourth-order valence-corrected chi connectivity index (χ4v) is 4.83. The number of aliphatic carboxylic acids is 1. The van der Waals surface area contributed by atoms with E-state index in [0.29, 0.717) is 30.6 Å². The molecule has 4 aromatic rings. The van der Waals surface area contributed by atoms with Crippen molar-refractivity contribution in [2.45, 2.75) is 31.5 Å². The number of aliphatic hydroxyl groups is 1. The maximum Gasteiger partial charge on any atom is 0.422 e. The normalized spacial score (nSPS) is 18.1. The SMILES string of the molecule is CC(O)(CN1CCC[C@H](C(=O)O)C1)c1ccc(-c2noc(-c3onc(-c4ccccc4)c3C(F)(F)F)n2)cc1. The van der Waals surface area contributed by atoms with E-state index in [9.17, 15) is 28.2 Å². The van der Waals surface area contributed by atoms with Gasteiger partial charge in [0.15, 0.2) is 0 Å². The van der Waals surface area contributed by atoms with Gasteiger partial charge >= 0.3 is 12.1 Å². The van der Waals surface area contributed by atoms with Crippen LogP contribution in [0.1, 0.15) is 30.9 Å². The van der Waals surface area contributed by atoms with Gasteiger partial charge in [0, 0.05) is 24.2 Å². The van der Waals surface area contributed by atoms with E-state index in [-0.39, 0.29) is 23.6 Å². The Labute approximate surface area is 220 Å². The first-order valence-electron chi connectivity index (χ1n) is 12.3. The highest BCUT2D eigenvalue weighted by atomic mass is 19.4. The Morgan fingerprint density at radius 3 is 2.44 bits per heavy atom. The number of benzene rings is 2. The van der Waals surface area contributed by atoms with Crippen LogP contribution in [-0.2, 0) is 16.6 Å². The van der Waals surface area contributed by atoms with Crippen molar-refractivity contribution in [2.24, 2.45) is 5.92 Å². The summed E-state index contributed by atoms with van der Waals surface area (Å²) in [5.41, 5.74) is -1.51. The molecule has 1 aliphatic rings. The van der Waals surface area contributed by atoms with E-state index in [2.05, 4.69) is 15.3 Å². The average molecular weight is 543 g/mol. The Kier molecular flexibility index (Phi) is 7.00. The molecule has 0 saturated carbocycles. The third-order valence-electron chi connectivity index (χ3n) is 6.79. The quantitative estimate of drug-likeness (QED) is 0.329. The van der Waals surface area contributed by atoms with Crippen molar-refractivity contribution in [2.75, 3.05) is 19.6 Å². The number of piperidine rings is 1. The standard InChI is InChI=1S/C27H25F3N4O5/c1-26(37,15-34-13-5-8-18(14-34)25(35)36)19-11-9-17(10-12-19)23-31-24(39-33-23)22-20(27(28,29)30)21(32-38-22)16-6-3-2-4-7-16/h2-4,6-7,9-12,18,37H,5,8,13-15H2,1H3,(H,35,36)/t18-,26?/m0/s1. The molecule has 1 aliphatic heterocycles. The molecule has 2 N–H and O–H groups in total. The number of rotatable bonds is 7. The third-order valence-corrected chi connectivity index (χ3v) is 6.79. The summed E-state index contributed by atoms with van der Waals surface area (Å²) in [6, 6.07) is 14.4. The minimum absolute atomic E-state index is 0.0299. The van der Waals surface area contributed by atoms with Crippen molar-refractivity contribution in [3.05, 3.63) is 65.7 Å². The lowest BCUT2D eigenvalue weighted by Gasteiger charge is -2.36. The summed E-state index contributed by atoms with van der Waals surface area (Å²) in [6.45, 7) is 2.95. The topological polar surface area (TPSA) is 126 Å². The fourth-order valence-electron chi connectivity index (χ4n) is 4.83. The highest BCUT2D eigenvalue weighted by Crippen LogP contribution is 2.43. The van der Waals surface area contributed by atoms with Gasteiger partial charge in [0.2, 0.25) is 11.6 Å². The first kappa shape index (κ1) is 26.6. The summed E-state index contributed by atoms with van der Waals surface area (Å²) in [7, 11) is 0. The van der Waals surface area contributed by atoms with Crippen LogP contribution in [0.3, 0.4) is 0 Å². The number of halogens is 3. The Morgan fingerprint density at radius 2 is 1.77 bits per heavy atom. The first-order valence-corrected chi connectivity index (χ1v) is 12.3. The van der Waals surface area contributed by atoms with Gasteiger partial charge in [-0.1, -0.05) is 64.9 Å². The van der Waals surface area contributed by atoms with Crippen LogP contribution in [0.4, 0.5) is 13.2 Å². The number of alkyl halides is 3. The van der Waals surface area contributed by atoms with Gasteiger partial charge < -0.3 is 19.3 Å². The largest absolute Gasteiger partial charge is 0.481 e. The molecule has 1 fully saturated rings. The number of β-amino-alcohol motifs (C(OH)–C–C–N with tert-alkyl or cyclic N) is 1. The van der Waals surface area contributed by atoms with Gasteiger partial charge in [-0.15, -0.1) is 0 Å². The van der Waals surface area contributed by atoms with Crippen LogP contribution >= 0.6 is 0 Å². The lowest BCUT2D eigenvalue weighted by molar-refractivity contribution is -0.144. The molecule has 0 spiro atoms. The number of carboxylic acids is 1. The number of carboxylic acid groups (broad SMARTS) is 1. The Balaban J connectivity index is 1.36. The molecule has 2 aromatic carbocycles. The average Bonchev–Trinajstić information content (AvgIpc) is 3.57. The second-order valence-corrected chi connectivity index (χ2v) is 9.79. The van der Waals surface area contributed by atoms with Gasteiger partial charge in [-0.3, -0.25) is 9.69 Å². The molecule has 3 heterocycles. The van der Waals surface area contributed by atoms with Crippen molar-refractivity contribution < 1.29 is 37.2 Å². The van der Waals surface area contributed by atoms with Crippen LogP contribution in [0.15, 0.2) is 63.6 Å². The molecule has 12 heteroatoms. The number of nitrogens with zero attached hydrogens (tertiary/aromatic N) is 4. The van der Waals surface area contributed by atoms with Crippen molar-refractivity contribution in [1.29, 1.82) is 0 Å². The summed E-state index contributed by atoms with van der Waals surface area (Å²) in [6.07, 6.45) is -3.44. The van der Waals surface area contributed by atoms with E-state index in [0.717, 1.165) is 6.42 Å². The van der Waals surface area contributed by atoms with Gasteiger partial charge in [-0.2, -0.15) is 18.2 Å². The van der Waals surface area contributed by atoms with Gasteiger partial charge in [0.1, 0.15) is 11.3 Å². The van der Waals surface area contributed by atoms with Crippen LogP contribution in [-0.4, -0.2) is 56.0 Å². The molecule has 204 valence electrons. The molecule has 9 nitrogen and oxygen atoms in total. The van der Waals surface area contributed by atoms with Crippen LogP contribution < -0.4 is 0 Å². The monoisotopic (exact) mass is 542 g/mol. The van der Waals surface area contributed by atoms with E-state index in [1.54, 1.807) is 49.4 Å². The summed E-state index contributed by atoms with van der Waals surface area (Å²) >= 11 is 0.